The second kappa shape index (κ2) is 5.59. The maximum Gasteiger partial charge on any atom is 0.161 e. The van der Waals surface area contributed by atoms with Gasteiger partial charge < -0.3 is 20.3 Å². The molecule has 3 N–H and O–H groups in total. The number of methoxy groups -OCH3 is 1. The van der Waals surface area contributed by atoms with Crippen molar-refractivity contribution in [3.8, 4) is 11.5 Å². The van der Waals surface area contributed by atoms with E-state index in [2.05, 4.69) is 0 Å². The third-order valence-corrected chi connectivity index (χ3v) is 3.41. The zero-order chi connectivity index (χ0) is 13.1. The molecule has 1 saturated carbocycles. The van der Waals surface area contributed by atoms with Crippen LogP contribution in [0, 0.1) is 0 Å². The van der Waals surface area contributed by atoms with Gasteiger partial charge in [0.1, 0.15) is 6.10 Å². The number of aliphatic hydroxyl groups is 1. The van der Waals surface area contributed by atoms with Gasteiger partial charge in [-0.25, -0.2) is 0 Å². The molecule has 0 saturated heterocycles. The number of aliphatic hydroxyl groups excluding tert-OH is 1. The molecule has 0 aromatic heterocycles. The average Bonchev–Trinajstić information content (AvgIpc) is 2.75. The summed E-state index contributed by atoms with van der Waals surface area (Å²) in [5.74, 6) is 1.34. The van der Waals surface area contributed by atoms with Crippen LogP contribution in [0.1, 0.15) is 37.8 Å². The molecule has 1 aromatic carbocycles. The van der Waals surface area contributed by atoms with Crippen molar-refractivity contribution < 1.29 is 14.6 Å². The van der Waals surface area contributed by atoms with Gasteiger partial charge in [0.15, 0.2) is 11.5 Å². The molecule has 0 radical (unpaired) electrons. The summed E-state index contributed by atoms with van der Waals surface area (Å²) in [5, 5.41) is 9.77. The van der Waals surface area contributed by atoms with E-state index >= 15 is 0 Å². The standard InChI is InChI=1S/C14H21NO3/c1-9(15)10-6-7-13(14(8-10)17-2)18-12-5-3-4-11(12)16/h6-9,11-12,16H,3-5,15H2,1-2H3. The van der Waals surface area contributed by atoms with Gasteiger partial charge >= 0.3 is 0 Å². The number of ether oxygens (including phenoxy) is 2. The van der Waals surface area contributed by atoms with Crippen LogP contribution in [-0.2, 0) is 0 Å². The molecule has 3 unspecified atom stereocenters. The number of hydrogen-bond donors (Lipinski definition) is 2. The predicted molar refractivity (Wildman–Crippen MR) is 69.9 cm³/mol. The second-order valence-electron chi connectivity index (χ2n) is 4.85. The Bertz CT molecular complexity index is 406. The molecule has 0 spiro atoms. The molecule has 100 valence electrons. The van der Waals surface area contributed by atoms with Crippen molar-refractivity contribution in [1.82, 2.24) is 0 Å². The molecule has 1 aliphatic rings. The van der Waals surface area contributed by atoms with Gasteiger partial charge in [0.05, 0.1) is 13.2 Å². The molecule has 4 nitrogen and oxygen atoms in total. The zero-order valence-electron chi connectivity index (χ0n) is 10.9. The fourth-order valence-corrected chi connectivity index (χ4v) is 2.27. The Morgan fingerprint density at radius 2 is 2.11 bits per heavy atom. The minimum Gasteiger partial charge on any atom is -0.493 e. The van der Waals surface area contributed by atoms with E-state index in [0.29, 0.717) is 11.5 Å². The summed E-state index contributed by atoms with van der Waals surface area (Å²) in [4.78, 5) is 0. The molecule has 0 amide bonds. The van der Waals surface area contributed by atoms with Crippen molar-refractivity contribution in [2.45, 2.75) is 44.4 Å². The van der Waals surface area contributed by atoms with Gasteiger partial charge in [-0.3, -0.25) is 0 Å². The van der Waals surface area contributed by atoms with Crippen LogP contribution < -0.4 is 15.2 Å². The monoisotopic (exact) mass is 251 g/mol. The van der Waals surface area contributed by atoms with Gasteiger partial charge in [-0.05, 0) is 43.9 Å². The highest BCUT2D eigenvalue weighted by Gasteiger charge is 2.27. The Balaban J connectivity index is 2.17. The Hall–Kier alpha value is -1.26. The average molecular weight is 251 g/mol. The molecule has 2 rings (SSSR count). The lowest BCUT2D eigenvalue weighted by molar-refractivity contribution is 0.0586. The van der Waals surface area contributed by atoms with Crippen LogP contribution in [0.25, 0.3) is 0 Å². The zero-order valence-corrected chi connectivity index (χ0v) is 10.9. The Morgan fingerprint density at radius 1 is 1.33 bits per heavy atom. The van der Waals surface area contributed by atoms with Crippen LogP contribution in [0.15, 0.2) is 18.2 Å². The Labute approximate surface area is 108 Å². The van der Waals surface area contributed by atoms with Crippen molar-refractivity contribution >= 4 is 0 Å². The van der Waals surface area contributed by atoms with Gasteiger partial charge in [0, 0.05) is 6.04 Å². The smallest absolute Gasteiger partial charge is 0.161 e. The first-order valence-electron chi connectivity index (χ1n) is 6.40. The van der Waals surface area contributed by atoms with Crippen molar-refractivity contribution in [3.05, 3.63) is 23.8 Å². The van der Waals surface area contributed by atoms with Gasteiger partial charge in [-0.15, -0.1) is 0 Å². The van der Waals surface area contributed by atoms with Crippen molar-refractivity contribution in [2.75, 3.05) is 7.11 Å². The third kappa shape index (κ3) is 2.76. The van der Waals surface area contributed by atoms with Gasteiger partial charge in [-0.2, -0.15) is 0 Å². The van der Waals surface area contributed by atoms with Crippen LogP contribution >= 0.6 is 0 Å². The molecule has 1 aliphatic carbocycles. The number of benzene rings is 1. The summed E-state index contributed by atoms with van der Waals surface area (Å²) < 4.78 is 11.1. The Morgan fingerprint density at radius 3 is 2.67 bits per heavy atom. The quantitative estimate of drug-likeness (QED) is 0.859. The van der Waals surface area contributed by atoms with E-state index in [1.165, 1.54) is 0 Å². The van der Waals surface area contributed by atoms with Crippen LogP contribution in [-0.4, -0.2) is 24.4 Å². The fraction of sp³-hybridized carbons (Fsp3) is 0.571. The first kappa shape index (κ1) is 13.2. The molecule has 0 bridgehead atoms. The molecule has 1 fully saturated rings. The van der Waals surface area contributed by atoms with E-state index in [1.807, 2.05) is 25.1 Å². The summed E-state index contributed by atoms with van der Waals surface area (Å²) in [6.45, 7) is 1.93. The second-order valence-corrected chi connectivity index (χ2v) is 4.85. The van der Waals surface area contributed by atoms with Crippen molar-refractivity contribution in [1.29, 1.82) is 0 Å². The highest BCUT2D eigenvalue weighted by molar-refractivity contribution is 5.43. The Kier molecular flexibility index (Phi) is 4.09. The maximum atomic E-state index is 9.77. The number of rotatable bonds is 4. The van der Waals surface area contributed by atoms with E-state index in [9.17, 15) is 5.11 Å². The first-order valence-corrected chi connectivity index (χ1v) is 6.40. The molecular formula is C14H21NO3. The van der Waals surface area contributed by atoms with E-state index in [-0.39, 0.29) is 18.2 Å². The summed E-state index contributed by atoms with van der Waals surface area (Å²) in [5.41, 5.74) is 6.84. The maximum absolute atomic E-state index is 9.77. The van der Waals surface area contributed by atoms with Crippen molar-refractivity contribution in [2.24, 2.45) is 5.73 Å². The van der Waals surface area contributed by atoms with Gasteiger partial charge in [-0.1, -0.05) is 6.07 Å². The number of hydrogen-bond acceptors (Lipinski definition) is 4. The lowest BCUT2D eigenvalue weighted by Crippen LogP contribution is -2.25. The highest BCUT2D eigenvalue weighted by atomic mass is 16.5. The molecule has 4 heteroatoms. The molecular weight excluding hydrogens is 230 g/mol. The van der Waals surface area contributed by atoms with E-state index in [1.54, 1.807) is 7.11 Å². The predicted octanol–water partition coefficient (Wildman–Crippen LogP) is 2.01. The van der Waals surface area contributed by atoms with Crippen LogP contribution in [0.3, 0.4) is 0 Å². The summed E-state index contributed by atoms with van der Waals surface area (Å²) in [6, 6.07) is 5.65. The third-order valence-electron chi connectivity index (χ3n) is 3.41. The van der Waals surface area contributed by atoms with Crippen LogP contribution in [0.4, 0.5) is 0 Å². The summed E-state index contributed by atoms with van der Waals surface area (Å²) in [7, 11) is 1.61. The molecule has 0 heterocycles. The van der Waals surface area contributed by atoms with E-state index < -0.39 is 0 Å². The largest absolute Gasteiger partial charge is 0.493 e. The van der Waals surface area contributed by atoms with Crippen LogP contribution in [0.2, 0.25) is 0 Å². The van der Waals surface area contributed by atoms with Crippen molar-refractivity contribution in [3.63, 3.8) is 0 Å². The molecule has 3 atom stereocenters. The number of nitrogens with two attached hydrogens (primary N) is 1. The van der Waals surface area contributed by atoms with Crippen LogP contribution in [0.5, 0.6) is 11.5 Å². The summed E-state index contributed by atoms with van der Waals surface area (Å²) >= 11 is 0. The first-order chi connectivity index (χ1) is 8.61. The minimum absolute atomic E-state index is 0.0370. The molecule has 0 aliphatic heterocycles. The van der Waals surface area contributed by atoms with E-state index in [0.717, 1.165) is 24.8 Å². The van der Waals surface area contributed by atoms with E-state index in [4.69, 9.17) is 15.2 Å². The SMILES string of the molecule is COc1cc(C(C)N)ccc1OC1CCCC1O. The molecule has 18 heavy (non-hydrogen) atoms. The topological polar surface area (TPSA) is 64.7 Å². The highest BCUT2D eigenvalue weighted by Crippen LogP contribution is 2.33. The van der Waals surface area contributed by atoms with Gasteiger partial charge in [0.25, 0.3) is 0 Å². The normalized spacial score (nSPS) is 24.9. The lowest BCUT2D eigenvalue weighted by Gasteiger charge is -2.19. The fourth-order valence-electron chi connectivity index (χ4n) is 2.27. The summed E-state index contributed by atoms with van der Waals surface area (Å²) in [6.07, 6.45) is 2.21. The minimum atomic E-state index is -0.372. The molecule has 1 aromatic rings. The van der Waals surface area contributed by atoms with Gasteiger partial charge in [0.2, 0.25) is 0 Å². The lowest BCUT2D eigenvalue weighted by atomic mass is 10.1.